The number of hydrogen-bond donors (Lipinski definition) is 1. The highest BCUT2D eigenvalue weighted by molar-refractivity contribution is 5.75. The fraction of sp³-hybridized carbons (Fsp3) is 0.892. The molecule has 1 N–H and O–H groups in total. The minimum atomic E-state index is -0.547. The van der Waals surface area contributed by atoms with E-state index < -0.39 is 5.97 Å². The molecule has 6 aliphatic rings. The molecule has 6 fully saturated rings. The summed E-state index contributed by atoms with van der Waals surface area (Å²) in [6, 6.07) is 0. The van der Waals surface area contributed by atoms with Gasteiger partial charge in [-0.3, -0.25) is 19.2 Å². The second-order valence-electron chi connectivity index (χ2n) is 15.0. The average Bonchev–Trinajstić information content (AvgIpc) is 3.85. The predicted octanol–water partition coefficient (Wildman–Crippen LogP) is 6.90. The third-order valence-corrected chi connectivity index (χ3v) is 12.2. The Bertz CT molecular complexity index is 986. The van der Waals surface area contributed by atoms with Crippen LogP contribution in [0, 0.1) is 71.0 Å². The van der Waals surface area contributed by atoms with Gasteiger partial charge in [-0.05, 0) is 146 Å². The van der Waals surface area contributed by atoms with Gasteiger partial charge in [-0.2, -0.15) is 0 Å². The second-order valence-corrected chi connectivity index (χ2v) is 15.0. The highest BCUT2D eigenvalue weighted by Gasteiger charge is 2.54. The standard InChI is InChI=1S/C15H24O3.C11H20O4.C11H16O2/c1-3-17-9(2)18-15(16)12-7-13-10-4-5-11(6-10)14(13)8-12;1-5-14-10(12)8(3)7-9(4)11(13)15-6-2;12-11(13)8-4-9-6-1-2-7(3-6)10(9)5-8/h9-14H,3-8H2,1-2H3;8-9H,5-7H2,1-4H3;6-10H,1-5H2,(H,12,13). The lowest BCUT2D eigenvalue weighted by Gasteiger charge is -2.23. The number of esters is 3. The van der Waals surface area contributed by atoms with E-state index in [4.69, 9.17) is 24.1 Å². The van der Waals surface area contributed by atoms with Gasteiger partial charge < -0.3 is 24.1 Å². The van der Waals surface area contributed by atoms with Crippen LogP contribution in [0.15, 0.2) is 0 Å². The van der Waals surface area contributed by atoms with Crippen LogP contribution in [0.4, 0.5) is 0 Å². The Morgan fingerprint density at radius 3 is 1.35 bits per heavy atom. The number of aliphatic carboxylic acids is 1. The summed E-state index contributed by atoms with van der Waals surface area (Å²) in [7, 11) is 0. The number of ether oxygens (including phenoxy) is 4. The molecule has 11 unspecified atom stereocenters. The fourth-order valence-corrected chi connectivity index (χ4v) is 10.2. The zero-order chi connectivity index (χ0) is 33.5. The normalized spacial score (nSPS) is 36.2. The van der Waals surface area contributed by atoms with E-state index in [1.54, 1.807) is 34.6 Å². The van der Waals surface area contributed by atoms with Crippen LogP contribution >= 0.6 is 0 Å². The van der Waals surface area contributed by atoms with Crippen molar-refractivity contribution in [2.24, 2.45) is 71.0 Å². The summed E-state index contributed by atoms with van der Waals surface area (Å²) in [5.41, 5.74) is 0. The molecule has 11 atom stereocenters. The van der Waals surface area contributed by atoms with Gasteiger partial charge in [0.1, 0.15) is 0 Å². The topological polar surface area (TPSA) is 125 Å². The Hall–Kier alpha value is -2.16. The molecule has 9 heteroatoms. The smallest absolute Gasteiger partial charge is 0.311 e. The van der Waals surface area contributed by atoms with Gasteiger partial charge in [0.25, 0.3) is 0 Å². The van der Waals surface area contributed by atoms with Gasteiger partial charge in [0.05, 0.1) is 36.9 Å². The molecule has 0 radical (unpaired) electrons. The van der Waals surface area contributed by atoms with Crippen LogP contribution in [0.3, 0.4) is 0 Å². The minimum absolute atomic E-state index is 0.00148. The molecule has 0 aromatic carbocycles. The van der Waals surface area contributed by atoms with E-state index in [0.29, 0.717) is 26.2 Å². The Kier molecular flexibility index (Phi) is 13.4. The van der Waals surface area contributed by atoms with Crippen molar-refractivity contribution in [3.63, 3.8) is 0 Å². The van der Waals surface area contributed by atoms with Crippen molar-refractivity contribution in [1.29, 1.82) is 0 Å². The molecule has 0 aliphatic heterocycles. The van der Waals surface area contributed by atoms with Crippen LogP contribution in [0.5, 0.6) is 0 Å². The van der Waals surface area contributed by atoms with E-state index in [1.807, 2.05) is 6.92 Å². The molecule has 4 bridgehead atoms. The lowest BCUT2D eigenvalue weighted by molar-refractivity contribution is -0.178. The molecule has 262 valence electrons. The van der Waals surface area contributed by atoms with E-state index in [9.17, 15) is 19.2 Å². The maximum Gasteiger partial charge on any atom is 0.311 e. The largest absolute Gasteiger partial charge is 0.481 e. The summed E-state index contributed by atoms with van der Waals surface area (Å²) >= 11 is 0. The number of hydrogen-bond acceptors (Lipinski definition) is 8. The number of carbonyl (C=O) groups excluding carboxylic acids is 3. The van der Waals surface area contributed by atoms with Gasteiger partial charge in [-0.25, -0.2) is 0 Å². The summed E-state index contributed by atoms with van der Waals surface area (Å²) in [5, 5.41) is 8.96. The van der Waals surface area contributed by atoms with E-state index in [-0.39, 0.29) is 47.9 Å². The first-order valence-corrected chi connectivity index (χ1v) is 18.3. The van der Waals surface area contributed by atoms with Gasteiger partial charge in [-0.1, -0.05) is 13.8 Å². The maximum atomic E-state index is 12.1. The van der Waals surface area contributed by atoms with Crippen molar-refractivity contribution < 1.29 is 43.2 Å². The SMILES string of the molecule is CCOC(=O)C(C)CC(C)C(=O)OCC.CCOC(C)OC(=O)C1CC2C3CCC(C3)C2C1.O=C(O)C1CC2C3CCC(C3)C2C1. The molecule has 6 saturated carbocycles. The highest BCUT2D eigenvalue weighted by Crippen LogP contribution is 2.61. The monoisotopic (exact) mass is 648 g/mol. The molecule has 0 amide bonds. The van der Waals surface area contributed by atoms with E-state index in [0.717, 1.165) is 73.0 Å². The van der Waals surface area contributed by atoms with E-state index >= 15 is 0 Å². The van der Waals surface area contributed by atoms with Crippen molar-refractivity contribution in [2.75, 3.05) is 19.8 Å². The Morgan fingerprint density at radius 1 is 0.609 bits per heavy atom. The van der Waals surface area contributed by atoms with Gasteiger partial charge in [0.2, 0.25) is 0 Å². The van der Waals surface area contributed by atoms with E-state index in [1.165, 1.54) is 38.5 Å². The Labute approximate surface area is 276 Å². The molecular formula is C37H60O9. The highest BCUT2D eigenvalue weighted by atomic mass is 16.7. The summed E-state index contributed by atoms with van der Waals surface area (Å²) in [6.45, 7) is 12.1. The molecule has 0 heterocycles. The van der Waals surface area contributed by atoms with E-state index in [2.05, 4.69) is 0 Å². The van der Waals surface area contributed by atoms with Gasteiger partial charge >= 0.3 is 23.9 Å². The molecule has 6 aliphatic carbocycles. The Morgan fingerprint density at radius 2 is 1.00 bits per heavy atom. The zero-order valence-corrected chi connectivity index (χ0v) is 29.1. The number of rotatable bonds is 11. The second kappa shape index (κ2) is 16.8. The van der Waals surface area contributed by atoms with Crippen molar-refractivity contribution in [1.82, 2.24) is 0 Å². The first kappa shape index (κ1) is 36.7. The summed E-state index contributed by atoms with van der Waals surface area (Å²) in [6.07, 6.45) is 12.6. The van der Waals surface area contributed by atoms with Gasteiger partial charge in [-0.15, -0.1) is 0 Å². The lowest BCUT2D eigenvalue weighted by Crippen LogP contribution is -2.23. The Balaban J connectivity index is 0.000000159. The number of carboxylic acid groups (broad SMARTS) is 1. The lowest BCUT2D eigenvalue weighted by atomic mass is 9.82. The van der Waals surface area contributed by atoms with Crippen molar-refractivity contribution in [3.05, 3.63) is 0 Å². The fourth-order valence-electron chi connectivity index (χ4n) is 10.2. The minimum Gasteiger partial charge on any atom is -0.481 e. The van der Waals surface area contributed by atoms with Crippen LogP contribution < -0.4 is 0 Å². The predicted molar refractivity (Wildman–Crippen MR) is 172 cm³/mol. The molecular weight excluding hydrogens is 588 g/mol. The third kappa shape index (κ3) is 8.84. The zero-order valence-electron chi connectivity index (χ0n) is 29.1. The van der Waals surface area contributed by atoms with Crippen molar-refractivity contribution >= 4 is 23.9 Å². The molecule has 0 spiro atoms. The molecule has 6 rings (SSSR count). The average molecular weight is 649 g/mol. The number of fused-ring (bicyclic) bond motifs is 10. The summed E-state index contributed by atoms with van der Waals surface area (Å²) < 4.78 is 20.4. The van der Waals surface area contributed by atoms with Crippen LogP contribution in [0.25, 0.3) is 0 Å². The third-order valence-electron chi connectivity index (χ3n) is 12.2. The molecule has 9 nitrogen and oxygen atoms in total. The molecule has 0 saturated heterocycles. The van der Waals surface area contributed by atoms with Crippen LogP contribution in [-0.2, 0) is 38.1 Å². The van der Waals surface area contributed by atoms with Crippen molar-refractivity contribution in [3.8, 4) is 0 Å². The molecule has 0 aromatic heterocycles. The number of carbonyl (C=O) groups is 4. The van der Waals surface area contributed by atoms with Crippen molar-refractivity contribution in [2.45, 2.75) is 118 Å². The molecule has 46 heavy (non-hydrogen) atoms. The van der Waals surface area contributed by atoms with Crippen LogP contribution in [-0.4, -0.2) is 55.1 Å². The summed E-state index contributed by atoms with van der Waals surface area (Å²) in [4.78, 5) is 45.5. The maximum absolute atomic E-state index is 12.1. The first-order valence-electron chi connectivity index (χ1n) is 18.3. The van der Waals surface area contributed by atoms with Crippen LogP contribution in [0.1, 0.15) is 112 Å². The first-order chi connectivity index (χ1) is 22.0. The number of carboxylic acids is 1. The van der Waals surface area contributed by atoms with Crippen LogP contribution in [0.2, 0.25) is 0 Å². The summed E-state index contributed by atoms with van der Waals surface area (Å²) in [5.74, 6) is 5.41. The quantitative estimate of drug-likeness (QED) is 0.145. The van der Waals surface area contributed by atoms with Gasteiger partial charge in [0, 0.05) is 6.61 Å². The van der Waals surface area contributed by atoms with Gasteiger partial charge in [0.15, 0.2) is 6.29 Å². The molecule has 0 aromatic rings.